The average molecular weight is 346 g/mol. The molecular formula is C15H21Cl2N3O2. The number of rotatable bonds is 6. The van der Waals surface area contributed by atoms with Crippen LogP contribution < -0.4 is 0 Å². The zero-order valence-electron chi connectivity index (χ0n) is 12.6. The molecule has 0 aromatic carbocycles. The number of aryl methyl sites for hydroxylation is 1. The van der Waals surface area contributed by atoms with Gasteiger partial charge in [0.25, 0.3) is 0 Å². The fraction of sp³-hybridized carbons (Fsp3) is 0.600. The van der Waals surface area contributed by atoms with E-state index in [1.807, 2.05) is 6.92 Å². The van der Waals surface area contributed by atoms with Crippen molar-refractivity contribution in [3.8, 4) is 0 Å². The molecule has 0 spiro atoms. The maximum absolute atomic E-state index is 9.97. The molecule has 5 nitrogen and oxygen atoms in total. The number of oxime groups is 1. The van der Waals surface area contributed by atoms with Gasteiger partial charge < -0.3 is 14.8 Å². The van der Waals surface area contributed by atoms with E-state index in [9.17, 15) is 5.11 Å². The molecule has 1 saturated heterocycles. The molecule has 1 atom stereocenters. The molecule has 1 unspecified atom stereocenters. The second-order valence-corrected chi connectivity index (χ2v) is 6.26. The third kappa shape index (κ3) is 5.39. The molecular weight excluding hydrogens is 325 g/mol. The van der Waals surface area contributed by atoms with Crippen LogP contribution in [0.1, 0.15) is 30.4 Å². The lowest BCUT2D eigenvalue weighted by Crippen LogP contribution is -2.38. The SMILES string of the molecule is Cc1cc(Cl)ncc1/C(Cl)=N/OCC(O)CN1CCCCC1. The summed E-state index contributed by atoms with van der Waals surface area (Å²) in [5, 5.41) is 14.4. The Hall–Kier alpha value is -0.880. The van der Waals surface area contributed by atoms with Gasteiger partial charge in [0.05, 0.1) is 0 Å². The number of piperidine rings is 1. The molecule has 0 radical (unpaired) electrons. The Kier molecular flexibility index (Phi) is 6.89. The highest BCUT2D eigenvalue weighted by molar-refractivity contribution is 6.69. The van der Waals surface area contributed by atoms with Gasteiger partial charge >= 0.3 is 0 Å². The maximum atomic E-state index is 9.97. The van der Waals surface area contributed by atoms with Crippen LogP contribution in [0.25, 0.3) is 0 Å². The largest absolute Gasteiger partial charge is 0.392 e. The fourth-order valence-electron chi connectivity index (χ4n) is 2.46. The van der Waals surface area contributed by atoms with E-state index in [1.54, 1.807) is 12.3 Å². The van der Waals surface area contributed by atoms with Gasteiger partial charge in [0.1, 0.15) is 17.9 Å². The number of hydrogen-bond acceptors (Lipinski definition) is 5. The van der Waals surface area contributed by atoms with Gasteiger partial charge in [0.2, 0.25) is 0 Å². The van der Waals surface area contributed by atoms with Crippen LogP contribution in [0.15, 0.2) is 17.4 Å². The van der Waals surface area contributed by atoms with E-state index in [2.05, 4.69) is 15.0 Å². The number of aromatic nitrogens is 1. The second kappa shape index (κ2) is 8.67. The quantitative estimate of drug-likeness (QED) is 0.489. The van der Waals surface area contributed by atoms with Crippen molar-refractivity contribution >= 4 is 28.4 Å². The fourth-order valence-corrected chi connectivity index (χ4v) is 2.92. The molecule has 0 amide bonds. The monoisotopic (exact) mass is 345 g/mol. The van der Waals surface area contributed by atoms with Crippen LogP contribution in [-0.2, 0) is 4.84 Å². The minimum absolute atomic E-state index is 0.118. The maximum Gasteiger partial charge on any atom is 0.177 e. The van der Waals surface area contributed by atoms with Gasteiger partial charge in [-0.3, -0.25) is 0 Å². The van der Waals surface area contributed by atoms with E-state index in [1.165, 1.54) is 19.3 Å². The highest BCUT2D eigenvalue weighted by Gasteiger charge is 2.15. The first kappa shape index (κ1) is 17.5. The third-order valence-electron chi connectivity index (χ3n) is 3.63. The first-order valence-corrected chi connectivity index (χ1v) is 8.20. The number of halogens is 2. The number of pyridine rings is 1. The molecule has 0 aliphatic carbocycles. The second-order valence-electron chi connectivity index (χ2n) is 5.51. The van der Waals surface area contributed by atoms with Crippen molar-refractivity contribution in [3.63, 3.8) is 0 Å². The lowest BCUT2D eigenvalue weighted by molar-refractivity contribution is 0.0161. The van der Waals surface area contributed by atoms with Crippen molar-refractivity contribution < 1.29 is 9.94 Å². The molecule has 2 rings (SSSR count). The molecule has 122 valence electrons. The minimum Gasteiger partial charge on any atom is -0.392 e. The lowest BCUT2D eigenvalue weighted by atomic mass is 10.1. The Bertz CT molecular complexity index is 520. The van der Waals surface area contributed by atoms with Crippen molar-refractivity contribution in [1.82, 2.24) is 9.88 Å². The topological polar surface area (TPSA) is 58.0 Å². The molecule has 1 aromatic rings. The van der Waals surface area contributed by atoms with Gasteiger partial charge in [0, 0.05) is 18.3 Å². The predicted octanol–water partition coefficient (Wildman–Crippen LogP) is 2.81. The van der Waals surface area contributed by atoms with Gasteiger partial charge in [0.15, 0.2) is 5.17 Å². The summed E-state index contributed by atoms with van der Waals surface area (Å²) in [4.78, 5) is 11.4. The molecule has 1 aliphatic rings. The first-order chi connectivity index (χ1) is 10.6. The van der Waals surface area contributed by atoms with Crippen LogP contribution in [0.3, 0.4) is 0 Å². The van der Waals surface area contributed by atoms with Gasteiger partial charge in [-0.15, -0.1) is 0 Å². The Morgan fingerprint density at radius 1 is 1.45 bits per heavy atom. The van der Waals surface area contributed by atoms with E-state index in [0.29, 0.717) is 17.3 Å². The molecule has 1 N–H and O–H groups in total. The smallest absolute Gasteiger partial charge is 0.177 e. The van der Waals surface area contributed by atoms with Gasteiger partial charge in [-0.05, 0) is 44.5 Å². The number of aliphatic hydroxyl groups excluding tert-OH is 1. The molecule has 7 heteroatoms. The normalized spacial score (nSPS) is 18.3. The summed E-state index contributed by atoms with van der Waals surface area (Å²) in [6.07, 6.45) is 4.64. The molecule has 2 heterocycles. The predicted molar refractivity (Wildman–Crippen MR) is 88.6 cm³/mol. The van der Waals surface area contributed by atoms with Crippen molar-refractivity contribution in [2.24, 2.45) is 5.16 Å². The van der Waals surface area contributed by atoms with E-state index in [0.717, 1.165) is 18.7 Å². The Morgan fingerprint density at radius 3 is 2.86 bits per heavy atom. The first-order valence-electron chi connectivity index (χ1n) is 7.44. The third-order valence-corrected chi connectivity index (χ3v) is 4.11. The van der Waals surface area contributed by atoms with Gasteiger partial charge in [-0.1, -0.05) is 34.8 Å². The molecule has 1 fully saturated rings. The average Bonchev–Trinajstić information content (AvgIpc) is 2.48. The van der Waals surface area contributed by atoms with Gasteiger partial charge in [-0.25, -0.2) is 4.98 Å². The highest BCUT2D eigenvalue weighted by Crippen LogP contribution is 2.15. The van der Waals surface area contributed by atoms with Crippen molar-refractivity contribution in [2.45, 2.75) is 32.3 Å². The van der Waals surface area contributed by atoms with Crippen LogP contribution in [0, 0.1) is 6.92 Å². The van der Waals surface area contributed by atoms with Crippen molar-refractivity contribution in [3.05, 3.63) is 28.5 Å². The lowest BCUT2D eigenvalue weighted by Gasteiger charge is -2.27. The minimum atomic E-state index is -0.573. The molecule has 1 aliphatic heterocycles. The summed E-state index contributed by atoms with van der Waals surface area (Å²) >= 11 is 11.9. The summed E-state index contributed by atoms with van der Waals surface area (Å²) in [5.41, 5.74) is 1.53. The highest BCUT2D eigenvalue weighted by atomic mass is 35.5. The zero-order chi connectivity index (χ0) is 15.9. The van der Waals surface area contributed by atoms with E-state index in [4.69, 9.17) is 28.0 Å². The van der Waals surface area contributed by atoms with E-state index < -0.39 is 6.10 Å². The summed E-state index contributed by atoms with van der Waals surface area (Å²) in [7, 11) is 0. The number of likely N-dealkylation sites (tertiary alicyclic amines) is 1. The Balaban J connectivity index is 1.80. The van der Waals surface area contributed by atoms with E-state index >= 15 is 0 Å². The molecule has 1 aromatic heterocycles. The molecule has 0 bridgehead atoms. The summed E-state index contributed by atoms with van der Waals surface area (Å²) < 4.78 is 0. The van der Waals surface area contributed by atoms with Crippen molar-refractivity contribution in [1.29, 1.82) is 0 Å². The standard InChI is InChI=1S/C15H21Cl2N3O2/c1-11-7-14(16)18-8-13(11)15(17)19-22-10-12(21)9-20-5-3-2-4-6-20/h7-8,12,21H,2-6,9-10H2,1H3/b19-15-. The van der Waals surface area contributed by atoms with Crippen LogP contribution in [0.4, 0.5) is 0 Å². The van der Waals surface area contributed by atoms with Crippen molar-refractivity contribution in [2.75, 3.05) is 26.2 Å². The van der Waals surface area contributed by atoms with Crippen LogP contribution >= 0.6 is 23.2 Å². The zero-order valence-corrected chi connectivity index (χ0v) is 14.1. The number of nitrogens with zero attached hydrogens (tertiary/aromatic N) is 3. The molecule has 22 heavy (non-hydrogen) atoms. The summed E-state index contributed by atoms with van der Waals surface area (Å²) in [6.45, 7) is 4.67. The Labute approximate surface area is 140 Å². The van der Waals surface area contributed by atoms with Crippen LogP contribution in [0.5, 0.6) is 0 Å². The number of aliphatic hydroxyl groups is 1. The number of hydrogen-bond donors (Lipinski definition) is 1. The molecule has 0 saturated carbocycles. The van der Waals surface area contributed by atoms with Crippen LogP contribution in [-0.4, -0.2) is 52.5 Å². The summed E-state index contributed by atoms with van der Waals surface area (Å²) in [6, 6.07) is 1.71. The summed E-state index contributed by atoms with van der Waals surface area (Å²) in [5.74, 6) is 0. The van der Waals surface area contributed by atoms with E-state index in [-0.39, 0.29) is 11.8 Å². The number of β-amino-alcohol motifs (C(OH)–C–C–N with tert-alkyl or cyclic N) is 1. The Morgan fingerprint density at radius 2 is 2.18 bits per heavy atom. The van der Waals surface area contributed by atoms with Gasteiger partial charge in [-0.2, -0.15) is 0 Å². The van der Waals surface area contributed by atoms with Crippen LogP contribution in [0.2, 0.25) is 5.15 Å².